The molecule has 0 aliphatic rings. The van der Waals surface area contributed by atoms with Crippen LogP contribution < -0.4 is 0 Å². The van der Waals surface area contributed by atoms with Gasteiger partial charge in [-0.2, -0.15) is 0 Å². The minimum absolute atomic E-state index is 0.0291. The highest BCUT2D eigenvalue weighted by molar-refractivity contribution is 6.17. The Balaban J connectivity index is 3.20. The van der Waals surface area contributed by atoms with E-state index in [-0.39, 0.29) is 17.1 Å². The van der Waals surface area contributed by atoms with E-state index in [2.05, 4.69) is 4.98 Å². The Morgan fingerprint density at radius 2 is 2.25 bits per heavy atom. The molecule has 0 aliphatic carbocycles. The average molecular weight is 192 g/mol. The predicted octanol–water partition coefficient (Wildman–Crippen LogP) is 3.07. The van der Waals surface area contributed by atoms with Gasteiger partial charge in [0, 0.05) is 11.8 Å². The Morgan fingerprint density at radius 3 is 2.67 bits per heavy atom. The van der Waals surface area contributed by atoms with E-state index in [9.17, 15) is 8.78 Å². The van der Waals surface area contributed by atoms with E-state index in [1.54, 1.807) is 13.0 Å². The molecule has 4 heteroatoms. The summed E-state index contributed by atoms with van der Waals surface area (Å²) in [6.45, 7) is 1.62. The Labute approximate surface area is 74.4 Å². The maximum atomic E-state index is 12.4. The number of hydrogen-bond donors (Lipinski definition) is 0. The minimum Gasteiger partial charge on any atom is -0.260 e. The number of pyridine rings is 1. The fraction of sp³-hybridized carbons (Fsp3) is 0.375. The summed E-state index contributed by atoms with van der Waals surface area (Å²) in [5.41, 5.74) is 0.773. The highest BCUT2D eigenvalue weighted by Crippen LogP contribution is 2.25. The van der Waals surface area contributed by atoms with E-state index in [0.29, 0.717) is 5.56 Å². The van der Waals surface area contributed by atoms with Crippen molar-refractivity contribution in [2.24, 2.45) is 0 Å². The topological polar surface area (TPSA) is 12.9 Å². The lowest BCUT2D eigenvalue weighted by atomic mass is 10.1. The smallest absolute Gasteiger partial charge is 0.260 e. The molecule has 0 saturated carbocycles. The van der Waals surface area contributed by atoms with E-state index >= 15 is 0 Å². The molecule has 0 unspecified atom stereocenters. The zero-order valence-corrected chi connectivity index (χ0v) is 7.28. The first kappa shape index (κ1) is 9.39. The second-order valence-corrected chi connectivity index (χ2v) is 2.69. The van der Waals surface area contributed by atoms with Crippen LogP contribution in [0.3, 0.4) is 0 Å². The quantitative estimate of drug-likeness (QED) is 0.655. The molecular weight excluding hydrogens is 184 g/mol. The monoisotopic (exact) mass is 191 g/mol. The summed E-state index contributed by atoms with van der Waals surface area (Å²) in [5, 5.41) is 0. The number of hydrogen-bond acceptors (Lipinski definition) is 1. The van der Waals surface area contributed by atoms with Crippen LogP contribution in [0, 0.1) is 6.92 Å². The van der Waals surface area contributed by atoms with Gasteiger partial charge in [-0.1, -0.05) is 0 Å². The standard InChI is InChI=1S/C8H8ClF2N/c1-5-2-3-12-6(4-9)7(5)8(10)11/h2-3,8H,4H2,1H3. The number of aryl methyl sites for hydroxylation is 1. The molecule has 0 aliphatic heterocycles. The summed E-state index contributed by atoms with van der Waals surface area (Å²) in [6.07, 6.45) is -1.01. The second kappa shape index (κ2) is 3.81. The molecule has 0 atom stereocenters. The molecule has 1 nitrogen and oxygen atoms in total. The molecule has 0 aromatic carbocycles. The Hall–Kier alpha value is -0.700. The zero-order chi connectivity index (χ0) is 9.14. The van der Waals surface area contributed by atoms with Gasteiger partial charge < -0.3 is 0 Å². The lowest BCUT2D eigenvalue weighted by molar-refractivity contribution is 0.149. The maximum absolute atomic E-state index is 12.4. The van der Waals surface area contributed by atoms with Crippen molar-refractivity contribution in [3.8, 4) is 0 Å². The fourth-order valence-corrected chi connectivity index (χ4v) is 1.24. The van der Waals surface area contributed by atoms with Crippen molar-refractivity contribution in [2.75, 3.05) is 0 Å². The number of alkyl halides is 3. The first-order valence-electron chi connectivity index (χ1n) is 3.45. The van der Waals surface area contributed by atoms with Crippen LogP contribution in [0.2, 0.25) is 0 Å². The van der Waals surface area contributed by atoms with Gasteiger partial charge in [0.05, 0.1) is 11.6 Å². The summed E-state index contributed by atoms with van der Waals surface area (Å²) in [5.74, 6) is 0.0291. The Bertz CT molecular complexity index is 276. The molecule has 0 radical (unpaired) electrons. The molecule has 1 heterocycles. The molecular formula is C8H8ClF2N. The van der Waals surface area contributed by atoms with Crippen molar-refractivity contribution >= 4 is 11.6 Å². The number of rotatable bonds is 2. The third-order valence-electron chi connectivity index (χ3n) is 1.64. The molecule has 0 N–H and O–H groups in total. The lowest BCUT2D eigenvalue weighted by Crippen LogP contribution is -1.98. The summed E-state index contributed by atoms with van der Waals surface area (Å²) in [7, 11) is 0. The third kappa shape index (κ3) is 1.72. The van der Waals surface area contributed by atoms with Crippen LogP contribution in [0.4, 0.5) is 8.78 Å². The van der Waals surface area contributed by atoms with Crippen LogP contribution in [-0.4, -0.2) is 4.98 Å². The van der Waals surface area contributed by atoms with Gasteiger partial charge in [-0.3, -0.25) is 4.98 Å². The molecule has 1 aromatic heterocycles. The minimum atomic E-state index is -2.49. The van der Waals surface area contributed by atoms with Crippen LogP contribution in [-0.2, 0) is 5.88 Å². The molecule has 0 bridgehead atoms. The highest BCUT2D eigenvalue weighted by Gasteiger charge is 2.15. The SMILES string of the molecule is Cc1ccnc(CCl)c1C(F)F. The molecule has 0 amide bonds. The van der Waals surface area contributed by atoms with Crippen molar-refractivity contribution < 1.29 is 8.78 Å². The average Bonchev–Trinajstić information content (AvgIpc) is 2.03. The van der Waals surface area contributed by atoms with E-state index in [4.69, 9.17) is 11.6 Å². The van der Waals surface area contributed by atoms with Crippen molar-refractivity contribution in [1.29, 1.82) is 0 Å². The van der Waals surface area contributed by atoms with Crippen LogP contribution in [0.1, 0.15) is 23.2 Å². The first-order valence-corrected chi connectivity index (χ1v) is 3.98. The van der Waals surface area contributed by atoms with Gasteiger partial charge >= 0.3 is 0 Å². The van der Waals surface area contributed by atoms with Crippen molar-refractivity contribution in [2.45, 2.75) is 19.2 Å². The molecule has 0 fully saturated rings. The van der Waals surface area contributed by atoms with Gasteiger partial charge in [-0.05, 0) is 18.6 Å². The van der Waals surface area contributed by atoms with Crippen LogP contribution >= 0.6 is 11.6 Å². The number of halogens is 3. The van der Waals surface area contributed by atoms with Gasteiger partial charge in [0.2, 0.25) is 0 Å². The van der Waals surface area contributed by atoms with Crippen LogP contribution in [0.25, 0.3) is 0 Å². The molecule has 66 valence electrons. The summed E-state index contributed by atoms with van der Waals surface area (Å²) >= 11 is 5.45. The van der Waals surface area contributed by atoms with Gasteiger partial charge in [0.1, 0.15) is 0 Å². The van der Waals surface area contributed by atoms with Gasteiger partial charge in [-0.25, -0.2) is 8.78 Å². The van der Waals surface area contributed by atoms with E-state index < -0.39 is 6.43 Å². The van der Waals surface area contributed by atoms with Crippen LogP contribution in [0.15, 0.2) is 12.3 Å². The second-order valence-electron chi connectivity index (χ2n) is 2.42. The summed E-state index contributed by atoms with van der Waals surface area (Å²) < 4.78 is 24.8. The molecule has 1 rings (SSSR count). The van der Waals surface area contributed by atoms with E-state index in [0.717, 1.165) is 0 Å². The fourth-order valence-electron chi connectivity index (χ4n) is 1.03. The molecule has 12 heavy (non-hydrogen) atoms. The molecule has 0 spiro atoms. The zero-order valence-electron chi connectivity index (χ0n) is 6.52. The molecule has 0 saturated heterocycles. The Kier molecular flexibility index (Phi) is 2.98. The van der Waals surface area contributed by atoms with Crippen molar-refractivity contribution in [3.05, 3.63) is 29.1 Å². The van der Waals surface area contributed by atoms with E-state index in [1.807, 2.05) is 0 Å². The largest absolute Gasteiger partial charge is 0.265 e. The summed E-state index contributed by atoms with van der Waals surface area (Å²) in [4.78, 5) is 3.77. The van der Waals surface area contributed by atoms with Gasteiger partial charge in [-0.15, -0.1) is 11.6 Å². The first-order chi connectivity index (χ1) is 5.66. The normalized spacial score (nSPS) is 10.8. The highest BCUT2D eigenvalue weighted by atomic mass is 35.5. The molecule has 1 aromatic rings. The van der Waals surface area contributed by atoms with Crippen molar-refractivity contribution in [3.63, 3.8) is 0 Å². The van der Waals surface area contributed by atoms with Gasteiger partial charge in [0.25, 0.3) is 6.43 Å². The third-order valence-corrected chi connectivity index (χ3v) is 1.89. The number of aromatic nitrogens is 1. The van der Waals surface area contributed by atoms with Gasteiger partial charge in [0.15, 0.2) is 0 Å². The number of nitrogens with zero attached hydrogens (tertiary/aromatic N) is 1. The van der Waals surface area contributed by atoms with E-state index in [1.165, 1.54) is 6.20 Å². The van der Waals surface area contributed by atoms with Crippen molar-refractivity contribution in [1.82, 2.24) is 4.98 Å². The summed E-state index contributed by atoms with van der Waals surface area (Å²) in [6, 6.07) is 1.55. The lowest BCUT2D eigenvalue weighted by Gasteiger charge is -2.07. The van der Waals surface area contributed by atoms with Crippen LogP contribution in [0.5, 0.6) is 0 Å². The Morgan fingerprint density at radius 1 is 1.58 bits per heavy atom. The maximum Gasteiger partial charge on any atom is 0.265 e. The predicted molar refractivity (Wildman–Crippen MR) is 43.5 cm³/mol.